The van der Waals surface area contributed by atoms with Crippen LogP contribution in [0, 0.1) is 12.7 Å². The minimum Gasteiger partial charge on any atom is -0.379 e. The first kappa shape index (κ1) is 21.0. The standard InChI is InChI=1S/C21H21ClFN3O3S/c1-13-18(20(25-29-13)19-14(22)4-2-5-15(19)23)21(27)24-12-16(17-6-3-11-30-17)26-7-9-28-10-8-26/h2-6,11,16H,7-10,12H2,1H3,(H,24,27)/t16-/m0/s1. The molecular formula is C21H21ClFN3O3S. The van der Waals surface area contributed by atoms with Gasteiger partial charge in [0.15, 0.2) is 0 Å². The highest BCUT2D eigenvalue weighted by Crippen LogP contribution is 2.33. The number of nitrogens with one attached hydrogen (secondary N) is 1. The summed E-state index contributed by atoms with van der Waals surface area (Å²) >= 11 is 7.83. The molecule has 1 amide bonds. The Kier molecular flexibility index (Phi) is 6.48. The van der Waals surface area contributed by atoms with Gasteiger partial charge in [-0.2, -0.15) is 0 Å². The quantitative estimate of drug-likeness (QED) is 0.607. The van der Waals surface area contributed by atoms with Gasteiger partial charge in [0.1, 0.15) is 22.8 Å². The fourth-order valence-electron chi connectivity index (χ4n) is 3.59. The zero-order valence-corrected chi connectivity index (χ0v) is 17.9. The van der Waals surface area contributed by atoms with Gasteiger partial charge < -0.3 is 14.6 Å². The molecule has 0 spiro atoms. The molecule has 1 aliphatic heterocycles. The van der Waals surface area contributed by atoms with E-state index in [9.17, 15) is 9.18 Å². The van der Waals surface area contributed by atoms with Crippen molar-refractivity contribution in [3.63, 3.8) is 0 Å². The monoisotopic (exact) mass is 449 g/mol. The smallest absolute Gasteiger partial charge is 0.257 e. The highest BCUT2D eigenvalue weighted by atomic mass is 35.5. The first-order valence-corrected chi connectivity index (χ1v) is 10.9. The average Bonchev–Trinajstić information content (AvgIpc) is 3.39. The molecule has 1 fully saturated rings. The lowest BCUT2D eigenvalue weighted by molar-refractivity contribution is 0.0169. The largest absolute Gasteiger partial charge is 0.379 e. The van der Waals surface area contributed by atoms with Crippen LogP contribution in [0.1, 0.15) is 27.0 Å². The van der Waals surface area contributed by atoms with Crippen LogP contribution in [0.2, 0.25) is 5.02 Å². The molecule has 30 heavy (non-hydrogen) atoms. The van der Waals surface area contributed by atoms with Gasteiger partial charge in [-0.3, -0.25) is 9.69 Å². The van der Waals surface area contributed by atoms with Crippen molar-refractivity contribution in [3.8, 4) is 11.3 Å². The number of benzene rings is 1. The number of carbonyl (C=O) groups is 1. The normalized spacial score (nSPS) is 15.8. The van der Waals surface area contributed by atoms with Crippen LogP contribution in [0.5, 0.6) is 0 Å². The second-order valence-corrected chi connectivity index (χ2v) is 8.34. The summed E-state index contributed by atoms with van der Waals surface area (Å²) in [5, 5.41) is 9.08. The zero-order valence-electron chi connectivity index (χ0n) is 16.4. The van der Waals surface area contributed by atoms with E-state index in [1.54, 1.807) is 24.3 Å². The summed E-state index contributed by atoms with van der Waals surface area (Å²) in [6, 6.07) is 8.42. The molecule has 4 rings (SSSR count). The number of amides is 1. The van der Waals surface area contributed by atoms with Gasteiger partial charge in [-0.1, -0.05) is 28.9 Å². The van der Waals surface area contributed by atoms with Crippen molar-refractivity contribution in [3.05, 3.63) is 62.8 Å². The van der Waals surface area contributed by atoms with Gasteiger partial charge in [0.2, 0.25) is 0 Å². The Balaban J connectivity index is 1.57. The van der Waals surface area contributed by atoms with Gasteiger partial charge in [-0.25, -0.2) is 4.39 Å². The number of rotatable bonds is 6. The number of nitrogens with zero attached hydrogens (tertiary/aromatic N) is 2. The lowest BCUT2D eigenvalue weighted by atomic mass is 10.0. The van der Waals surface area contributed by atoms with Crippen molar-refractivity contribution in [1.29, 1.82) is 0 Å². The fraction of sp³-hybridized carbons (Fsp3) is 0.333. The van der Waals surface area contributed by atoms with Crippen LogP contribution in [0.4, 0.5) is 4.39 Å². The number of aromatic nitrogens is 1. The SMILES string of the molecule is Cc1onc(-c2c(F)cccc2Cl)c1C(=O)NC[C@@H](c1cccs1)N1CCOCC1. The average molecular weight is 450 g/mol. The first-order chi connectivity index (χ1) is 14.6. The fourth-order valence-corrected chi connectivity index (χ4v) is 4.71. The van der Waals surface area contributed by atoms with Gasteiger partial charge in [0.05, 0.1) is 29.8 Å². The predicted molar refractivity (Wildman–Crippen MR) is 113 cm³/mol. The van der Waals surface area contributed by atoms with Crippen molar-refractivity contribution in [1.82, 2.24) is 15.4 Å². The van der Waals surface area contributed by atoms with E-state index in [2.05, 4.69) is 21.4 Å². The molecule has 1 aliphatic rings. The van der Waals surface area contributed by atoms with Crippen LogP contribution in [0.25, 0.3) is 11.3 Å². The number of hydrogen-bond donors (Lipinski definition) is 1. The van der Waals surface area contributed by atoms with Crippen LogP contribution < -0.4 is 5.32 Å². The number of aryl methyl sites for hydroxylation is 1. The molecule has 1 saturated heterocycles. The molecule has 1 atom stereocenters. The Hall–Kier alpha value is -2.26. The summed E-state index contributed by atoms with van der Waals surface area (Å²) in [5.74, 6) is -0.631. The van der Waals surface area contributed by atoms with E-state index < -0.39 is 5.82 Å². The van der Waals surface area contributed by atoms with E-state index in [0.29, 0.717) is 25.5 Å². The van der Waals surface area contributed by atoms with E-state index in [4.69, 9.17) is 20.9 Å². The number of thiophene rings is 1. The van der Waals surface area contributed by atoms with Gasteiger partial charge >= 0.3 is 0 Å². The molecule has 3 heterocycles. The maximum absolute atomic E-state index is 14.4. The molecule has 6 nitrogen and oxygen atoms in total. The summed E-state index contributed by atoms with van der Waals surface area (Å²) in [6.07, 6.45) is 0. The van der Waals surface area contributed by atoms with Gasteiger partial charge in [0, 0.05) is 24.5 Å². The highest BCUT2D eigenvalue weighted by molar-refractivity contribution is 7.10. The van der Waals surface area contributed by atoms with E-state index >= 15 is 0 Å². The first-order valence-electron chi connectivity index (χ1n) is 9.60. The summed E-state index contributed by atoms with van der Waals surface area (Å²) in [6.45, 7) is 4.93. The molecule has 0 unspecified atom stereocenters. The Morgan fingerprint density at radius 2 is 2.13 bits per heavy atom. The molecule has 1 aromatic carbocycles. The Morgan fingerprint density at radius 3 is 2.83 bits per heavy atom. The second-order valence-electron chi connectivity index (χ2n) is 6.95. The summed E-state index contributed by atoms with van der Waals surface area (Å²) < 4.78 is 25.1. The summed E-state index contributed by atoms with van der Waals surface area (Å²) in [5.41, 5.74) is 0.352. The van der Waals surface area contributed by atoms with E-state index in [1.807, 2.05) is 11.4 Å². The van der Waals surface area contributed by atoms with Crippen molar-refractivity contribution >= 4 is 28.8 Å². The number of ether oxygens (including phenoxy) is 1. The molecule has 9 heteroatoms. The van der Waals surface area contributed by atoms with E-state index in [1.165, 1.54) is 12.1 Å². The van der Waals surface area contributed by atoms with Gasteiger partial charge in [-0.15, -0.1) is 11.3 Å². The zero-order chi connectivity index (χ0) is 21.1. The van der Waals surface area contributed by atoms with Crippen molar-refractivity contribution in [2.24, 2.45) is 0 Å². The molecule has 0 saturated carbocycles. The summed E-state index contributed by atoms with van der Waals surface area (Å²) in [4.78, 5) is 16.5. The van der Waals surface area contributed by atoms with Crippen molar-refractivity contribution < 1.29 is 18.4 Å². The number of morpholine rings is 1. The van der Waals surface area contributed by atoms with Crippen molar-refractivity contribution in [2.45, 2.75) is 13.0 Å². The molecule has 0 bridgehead atoms. The van der Waals surface area contributed by atoms with E-state index in [-0.39, 0.29) is 33.8 Å². The number of halogens is 2. The lowest BCUT2D eigenvalue weighted by Gasteiger charge is -2.34. The Morgan fingerprint density at radius 1 is 1.33 bits per heavy atom. The summed E-state index contributed by atoms with van der Waals surface area (Å²) in [7, 11) is 0. The molecule has 3 aromatic rings. The van der Waals surface area contributed by atoms with Crippen LogP contribution >= 0.6 is 22.9 Å². The second kappa shape index (κ2) is 9.26. The topological polar surface area (TPSA) is 67.6 Å². The number of hydrogen-bond acceptors (Lipinski definition) is 6. The van der Waals surface area contributed by atoms with Crippen LogP contribution in [-0.4, -0.2) is 48.8 Å². The minimum atomic E-state index is -0.561. The van der Waals surface area contributed by atoms with Crippen molar-refractivity contribution in [2.75, 3.05) is 32.8 Å². The maximum atomic E-state index is 14.4. The third kappa shape index (κ3) is 4.27. The molecular weight excluding hydrogens is 429 g/mol. The molecule has 2 aromatic heterocycles. The highest BCUT2D eigenvalue weighted by Gasteiger charge is 2.28. The Bertz CT molecular complexity index is 998. The molecule has 0 radical (unpaired) electrons. The van der Waals surface area contributed by atoms with Crippen LogP contribution in [0.15, 0.2) is 40.2 Å². The molecule has 158 valence electrons. The van der Waals surface area contributed by atoms with Gasteiger partial charge in [0.25, 0.3) is 5.91 Å². The maximum Gasteiger partial charge on any atom is 0.257 e. The van der Waals surface area contributed by atoms with Crippen LogP contribution in [-0.2, 0) is 4.74 Å². The third-order valence-corrected chi connectivity index (χ3v) is 6.39. The minimum absolute atomic E-state index is 0.0264. The van der Waals surface area contributed by atoms with Crippen LogP contribution in [0.3, 0.4) is 0 Å². The molecule has 1 N–H and O–H groups in total. The van der Waals surface area contributed by atoms with E-state index in [0.717, 1.165) is 18.0 Å². The Labute approximate surface area is 182 Å². The number of carbonyl (C=O) groups excluding carboxylic acids is 1. The predicted octanol–water partition coefficient (Wildman–Crippen LogP) is 4.31. The van der Waals surface area contributed by atoms with Gasteiger partial charge in [-0.05, 0) is 30.5 Å². The third-order valence-electron chi connectivity index (χ3n) is 5.10. The molecule has 0 aliphatic carbocycles. The lowest BCUT2D eigenvalue weighted by Crippen LogP contribution is -2.43.